The van der Waals surface area contributed by atoms with Crippen LogP contribution >= 0.6 is 0 Å². The van der Waals surface area contributed by atoms with Crippen molar-refractivity contribution in [2.75, 3.05) is 25.5 Å². The Hall–Kier alpha value is -1.88. The molecule has 5 nitrogen and oxygen atoms in total. The van der Waals surface area contributed by atoms with Crippen molar-refractivity contribution in [3.8, 4) is 0 Å². The molecular weight excluding hydrogens is 278 g/mol. The lowest BCUT2D eigenvalue weighted by Gasteiger charge is -2.17. The van der Waals surface area contributed by atoms with E-state index in [-0.39, 0.29) is 24.9 Å². The van der Waals surface area contributed by atoms with Crippen LogP contribution in [-0.4, -0.2) is 42.9 Å². The predicted octanol–water partition coefficient (Wildman–Crippen LogP) is 1.76. The molecule has 0 unspecified atom stereocenters. The van der Waals surface area contributed by atoms with Crippen LogP contribution in [-0.2, 0) is 9.59 Å². The van der Waals surface area contributed by atoms with E-state index in [1.807, 2.05) is 20.8 Å². The zero-order valence-corrected chi connectivity index (χ0v) is 13.8. The van der Waals surface area contributed by atoms with Gasteiger partial charge in [-0.25, -0.2) is 0 Å². The van der Waals surface area contributed by atoms with Gasteiger partial charge in [-0.3, -0.25) is 14.5 Å². The zero-order chi connectivity index (χ0) is 16.3. The fraction of sp³-hybridized carbons (Fsp3) is 0.529. The predicted molar refractivity (Wildman–Crippen MR) is 87.9 cm³/mol. The van der Waals surface area contributed by atoms with Crippen LogP contribution in [0.1, 0.15) is 29.5 Å². The minimum Gasteiger partial charge on any atom is -0.352 e. The van der Waals surface area contributed by atoms with Gasteiger partial charge in [0.2, 0.25) is 11.8 Å². The number of likely N-dealkylation sites (N-methyl/N-ethyl adjacent to an activating group) is 1. The molecule has 120 valence electrons. The first-order valence-corrected chi connectivity index (χ1v) is 7.70. The Bertz CT molecular complexity index is 556. The number of amides is 2. The van der Waals surface area contributed by atoms with Crippen LogP contribution in [0.25, 0.3) is 0 Å². The van der Waals surface area contributed by atoms with E-state index in [9.17, 15) is 9.59 Å². The van der Waals surface area contributed by atoms with Crippen LogP contribution < -0.4 is 10.6 Å². The van der Waals surface area contributed by atoms with Gasteiger partial charge in [-0.05, 0) is 51.8 Å². The monoisotopic (exact) mass is 303 g/mol. The van der Waals surface area contributed by atoms with Crippen molar-refractivity contribution < 1.29 is 9.59 Å². The Morgan fingerprint density at radius 1 is 1.09 bits per heavy atom. The number of rotatable bonds is 6. The van der Waals surface area contributed by atoms with Crippen molar-refractivity contribution >= 4 is 17.5 Å². The number of nitrogens with zero attached hydrogens (tertiary/aromatic N) is 1. The molecule has 0 aliphatic heterocycles. The summed E-state index contributed by atoms with van der Waals surface area (Å²) >= 11 is 0. The largest absolute Gasteiger partial charge is 0.352 e. The SMILES string of the molecule is Cc1cc(C)c(NC(=O)CN(C)CC(=O)NC2CC2)c(C)c1. The molecule has 0 heterocycles. The van der Waals surface area contributed by atoms with Crippen LogP contribution in [0, 0.1) is 20.8 Å². The lowest BCUT2D eigenvalue weighted by Crippen LogP contribution is -2.39. The molecule has 5 heteroatoms. The van der Waals surface area contributed by atoms with E-state index >= 15 is 0 Å². The third kappa shape index (κ3) is 4.84. The number of carbonyl (C=O) groups is 2. The van der Waals surface area contributed by atoms with Crippen molar-refractivity contribution in [2.45, 2.75) is 39.7 Å². The van der Waals surface area contributed by atoms with Crippen molar-refractivity contribution in [3.63, 3.8) is 0 Å². The highest BCUT2D eigenvalue weighted by molar-refractivity contribution is 5.94. The highest BCUT2D eigenvalue weighted by atomic mass is 16.2. The number of hydrogen-bond acceptors (Lipinski definition) is 3. The van der Waals surface area contributed by atoms with Crippen molar-refractivity contribution in [3.05, 3.63) is 28.8 Å². The summed E-state index contributed by atoms with van der Waals surface area (Å²) in [5, 5.41) is 5.87. The van der Waals surface area contributed by atoms with Gasteiger partial charge in [0.05, 0.1) is 13.1 Å². The van der Waals surface area contributed by atoms with Crippen LogP contribution in [0.4, 0.5) is 5.69 Å². The first-order valence-electron chi connectivity index (χ1n) is 7.70. The van der Waals surface area contributed by atoms with E-state index in [1.54, 1.807) is 11.9 Å². The summed E-state index contributed by atoms with van der Waals surface area (Å²) in [6, 6.07) is 4.46. The molecule has 1 aromatic carbocycles. The van der Waals surface area contributed by atoms with Gasteiger partial charge in [0.15, 0.2) is 0 Å². The van der Waals surface area contributed by atoms with Gasteiger partial charge < -0.3 is 10.6 Å². The van der Waals surface area contributed by atoms with Crippen molar-refractivity contribution in [1.29, 1.82) is 0 Å². The summed E-state index contributed by atoms with van der Waals surface area (Å²) in [7, 11) is 1.78. The van der Waals surface area contributed by atoms with E-state index in [4.69, 9.17) is 0 Å². The van der Waals surface area contributed by atoms with Gasteiger partial charge in [-0.1, -0.05) is 17.7 Å². The second-order valence-corrected chi connectivity index (χ2v) is 6.34. The standard InChI is InChI=1S/C17H25N3O2/c1-11-7-12(2)17(13(3)8-11)19-16(22)10-20(4)9-15(21)18-14-5-6-14/h7-8,14H,5-6,9-10H2,1-4H3,(H,18,21)(H,19,22). The zero-order valence-electron chi connectivity index (χ0n) is 13.8. The Labute approximate surface area is 132 Å². The number of benzene rings is 1. The summed E-state index contributed by atoms with van der Waals surface area (Å²) < 4.78 is 0. The minimum absolute atomic E-state index is 0.0134. The van der Waals surface area contributed by atoms with E-state index in [0.717, 1.165) is 29.7 Å². The molecule has 0 spiro atoms. The number of hydrogen-bond donors (Lipinski definition) is 2. The molecule has 0 saturated heterocycles. The lowest BCUT2D eigenvalue weighted by atomic mass is 10.1. The second kappa shape index (κ2) is 6.92. The molecular formula is C17H25N3O2. The normalized spacial score (nSPS) is 14.0. The molecule has 2 amide bonds. The maximum absolute atomic E-state index is 12.1. The molecule has 1 saturated carbocycles. The third-order valence-corrected chi connectivity index (χ3v) is 3.71. The molecule has 1 aliphatic rings. The molecule has 2 N–H and O–H groups in total. The second-order valence-electron chi connectivity index (χ2n) is 6.34. The van der Waals surface area contributed by atoms with Crippen LogP contribution in [0.5, 0.6) is 0 Å². The molecule has 0 bridgehead atoms. The minimum atomic E-state index is -0.100. The van der Waals surface area contributed by atoms with E-state index < -0.39 is 0 Å². The quantitative estimate of drug-likeness (QED) is 0.842. The van der Waals surface area contributed by atoms with Gasteiger partial charge in [0.25, 0.3) is 0 Å². The number of nitrogens with one attached hydrogen (secondary N) is 2. The van der Waals surface area contributed by atoms with Gasteiger partial charge in [-0.2, -0.15) is 0 Å². The summed E-state index contributed by atoms with van der Waals surface area (Å²) in [5.41, 5.74) is 4.16. The topological polar surface area (TPSA) is 61.4 Å². The summed E-state index contributed by atoms with van der Waals surface area (Å²) in [5.74, 6) is -0.114. The average molecular weight is 303 g/mol. The molecule has 1 fully saturated rings. The van der Waals surface area contributed by atoms with E-state index in [2.05, 4.69) is 22.8 Å². The number of aryl methyl sites for hydroxylation is 3. The van der Waals surface area contributed by atoms with Gasteiger partial charge in [-0.15, -0.1) is 0 Å². The van der Waals surface area contributed by atoms with Crippen LogP contribution in [0.3, 0.4) is 0 Å². The molecule has 0 radical (unpaired) electrons. The highest BCUT2D eigenvalue weighted by Gasteiger charge is 2.23. The maximum atomic E-state index is 12.1. The van der Waals surface area contributed by atoms with Gasteiger partial charge >= 0.3 is 0 Å². The Morgan fingerprint density at radius 2 is 1.64 bits per heavy atom. The first kappa shape index (κ1) is 16.5. The summed E-state index contributed by atoms with van der Waals surface area (Å²) in [4.78, 5) is 25.6. The van der Waals surface area contributed by atoms with Gasteiger partial charge in [0.1, 0.15) is 0 Å². The molecule has 1 aliphatic carbocycles. The first-order chi connectivity index (χ1) is 10.3. The van der Waals surface area contributed by atoms with Gasteiger partial charge in [0, 0.05) is 11.7 Å². The highest BCUT2D eigenvalue weighted by Crippen LogP contribution is 2.21. The van der Waals surface area contributed by atoms with E-state index in [0.29, 0.717) is 6.04 Å². The van der Waals surface area contributed by atoms with Crippen LogP contribution in [0.15, 0.2) is 12.1 Å². The number of carbonyl (C=O) groups excluding carboxylic acids is 2. The number of anilines is 1. The molecule has 0 aromatic heterocycles. The van der Waals surface area contributed by atoms with Crippen LogP contribution in [0.2, 0.25) is 0 Å². The van der Waals surface area contributed by atoms with Crippen molar-refractivity contribution in [1.82, 2.24) is 10.2 Å². The third-order valence-electron chi connectivity index (χ3n) is 3.71. The maximum Gasteiger partial charge on any atom is 0.238 e. The molecule has 2 rings (SSSR count). The molecule has 0 atom stereocenters. The fourth-order valence-corrected chi connectivity index (χ4v) is 2.60. The lowest BCUT2D eigenvalue weighted by molar-refractivity contribution is -0.123. The van der Waals surface area contributed by atoms with E-state index in [1.165, 1.54) is 5.56 Å². The summed E-state index contributed by atoms with van der Waals surface area (Å²) in [6.45, 7) is 6.46. The molecule has 22 heavy (non-hydrogen) atoms. The Balaban J connectivity index is 1.85. The van der Waals surface area contributed by atoms with Crippen molar-refractivity contribution in [2.24, 2.45) is 0 Å². The summed E-state index contributed by atoms with van der Waals surface area (Å²) in [6.07, 6.45) is 2.14. The molecule has 1 aromatic rings. The average Bonchev–Trinajstić information content (AvgIpc) is 3.17. The Kier molecular flexibility index (Phi) is 5.19. The Morgan fingerprint density at radius 3 is 2.18 bits per heavy atom. The fourth-order valence-electron chi connectivity index (χ4n) is 2.60. The smallest absolute Gasteiger partial charge is 0.238 e.